The molecule has 106 valence electrons. The number of sulfonamides is 1. The first-order chi connectivity index (χ1) is 9.42. The van der Waals surface area contributed by atoms with Crippen LogP contribution < -0.4 is 10.5 Å². The summed E-state index contributed by atoms with van der Waals surface area (Å²) in [5.74, 6) is 0. The van der Waals surface area contributed by atoms with Gasteiger partial charge in [-0.15, -0.1) is 0 Å². The highest BCUT2D eigenvalue weighted by molar-refractivity contribution is 7.92. The fraction of sp³-hybridized carbons (Fsp3) is 0.200. The zero-order chi connectivity index (χ0) is 14.8. The average Bonchev–Trinajstić information content (AvgIpc) is 2.37. The largest absolute Gasteiger partial charge is 0.399 e. The molecule has 0 heterocycles. The minimum atomic E-state index is -3.59. The molecule has 0 unspecified atom stereocenters. The number of hydrogen-bond acceptors (Lipinski definition) is 3. The molecule has 0 saturated heterocycles. The second-order valence-electron chi connectivity index (χ2n) is 4.68. The number of anilines is 2. The van der Waals surface area contributed by atoms with Crippen LogP contribution in [0.1, 0.15) is 18.1 Å². The summed E-state index contributed by atoms with van der Waals surface area (Å²) < 4.78 is 27.4. The monoisotopic (exact) mass is 290 g/mol. The Morgan fingerprint density at radius 1 is 1.15 bits per heavy atom. The normalized spacial score (nSPS) is 11.3. The molecule has 0 spiro atoms. The second-order valence-corrected chi connectivity index (χ2v) is 6.34. The van der Waals surface area contributed by atoms with Crippen LogP contribution in [0.5, 0.6) is 0 Å². The maximum atomic E-state index is 12.4. The van der Waals surface area contributed by atoms with Crippen molar-refractivity contribution in [2.24, 2.45) is 0 Å². The Morgan fingerprint density at radius 2 is 1.90 bits per heavy atom. The van der Waals surface area contributed by atoms with Crippen LogP contribution >= 0.6 is 0 Å². The topological polar surface area (TPSA) is 72.2 Å². The van der Waals surface area contributed by atoms with E-state index in [9.17, 15) is 8.42 Å². The van der Waals surface area contributed by atoms with Gasteiger partial charge in [-0.2, -0.15) is 0 Å². The van der Waals surface area contributed by atoms with Crippen molar-refractivity contribution in [3.8, 4) is 0 Å². The van der Waals surface area contributed by atoms with Gasteiger partial charge in [0, 0.05) is 11.4 Å². The van der Waals surface area contributed by atoms with Crippen LogP contribution in [0, 0.1) is 6.92 Å². The van der Waals surface area contributed by atoms with E-state index in [-0.39, 0.29) is 4.90 Å². The SMILES string of the molecule is CCc1cccc(NS(=O)(=O)c2ccc(N)cc2C)c1. The van der Waals surface area contributed by atoms with Crippen LogP contribution in [0.3, 0.4) is 0 Å². The molecule has 5 heteroatoms. The van der Waals surface area contributed by atoms with Crippen molar-refractivity contribution in [3.05, 3.63) is 53.6 Å². The van der Waals surface area contributed by atoms with Crippen molar-refractivity contribution >= 4 is 21.4 Å². The number of nitrogens with two attached hydrogens (primary N) is 1. The Balaban J connectivity index is 2.35. The zero-order valence-electron chi connectivity index (χ0n) is 11.6. The van der Waals surface area contributed by atoms with Crippen molar-refractivity contribution in [2.45, 2.75) is 25.2 Å². The van der Waals surface area contributed by atoms with E-state index in [2.05, 4.69) is 4.72 Å². The number of hydrogen-bond donors (Lipinski definition) is 2. The van der Waals surface area contributed by atoms with Gasteiger partial charge in [0.1, 0.15) is 0 Å². The van der Waals surface area contributed by atoms with Crippen molar-refractivity contribution < 1.29 is 8.42 Å². The summed E-state index contributed by atoms with van der Waals surface area (Å²) in [5.41, 5.74) is 8.48. The van der Waals surface area contributed by atoms with E-state index in [1.54, 1.807) is 25.1 Å². The minimum absolute atomic E-state index is 0.244. The summed E-state index contributed by atoms with van der Waals surface area (Å²) >= 11 is 0. The predicted molar refractivity (Wildman–Crippen MR) is 82.2 cm³/mol. The van der Waals surface area contributed by atoms with E-state index in [4.69, 9.17) is 5.73 Å². The molecule has 0 aromatic heterocycles. The summed E-state index contributed by atoms with van der Waals surface area (Å²) in [7, 11) is -3.59. The van der Waals surface area contributed by atoms with Crippen molar-refractivity contribution in [2.75, 3.05) is 10.5 Å². The molecule has 4 nitrogen and oxygen atoms in total. The molecule has 2 rings (SSSR count). The number of nitrogen functional groups attached to an aromatic ring is 1. The van der Waals surface area contributed by atoms with Crippen LogP contribution in [0.2, 0.25) is 0 Å². The van der Waals surface area contributed by atoms with Gasteiger partial charge >= 0.3 is 0 Å². The third-order valence-electron chi connectivity index (χ3n) is 3.08. The Labute approximate surface area is 119 Å². The Hall–Kier alpha value is -2.01. The third kappa shape index (κ3) is 3.11. The van der Waals surface area contributed by atoms with Gasteiger partial charge in [0.25, 0.3) is 10.0 Å². The molecule has 0 fully saturated rings. The molecule has 0 bridgehead atoms. The summed E-state index contributed by atoms with van der Waals surface area (Å²) in [6, 6.07) is 12.1. The maximum Gasteiger partial charge on any atom is 0.262 e. The number of nitrogens with one attached hydrogen (secondary N) is 1. The van der Waals surface area contributed by atoms with Gasteiger partial charge < -0.3 is 5.73 Å². The van der Waals surface area contributed by atoms with E-state index in [1.165, 1.54) is 6.07 Å². The Morgan fingerprint density at radius 3 is 2.55 bits per heavy atom. The molecule has 0 aliphatic rings. The molecule has 0 aliphatic heterocycles. The van der Waals surface area contributed by atoms with Crippen molar-refractivity contribution in [1.82, 2.24) is 0 Å². The Bertz CT molecular complexity index is 724. The summed E-state index contributed by atoms with van der Waals surface area (Å²) in [5, 5.41) is 0. The van der Waals surface area contributed by atoms with Crippen LogP contribution in [0.25, 0.3) is 0 Å². The Kier molecular flexibility index (Phi) is 3.99. The lowest BCUT2D eigenvalue weighted by atomic mass is 10.1. The fourth-order valence-corrected chi connectivity index (χ4v) is 3.32. The van der Waals surface area contributed by atoms with Crippen LogP contribution in [0.15, 0.2) is 47.4 Å². The van der Waals surface area contributed by atoms with Gasteiger partial charge in [-0.05, 0) is 54.8 Å². The van der Waals surface area contributed by atoms with Crippen LogP contribution in [-0.2, 0) is 16.4 Å². The molecule has 3 N–H and O–H groups in total. The maximum absolute atomic E-state index is 12.4. The van der Waals surface area contributed by atoms with E-state index < -0.39 is 10.0 Å². The predicted octanol–water partition coefficient (Wildman–Crippen LogP) is 2.94. The average molecular weight is 290 g/mol. The van der Waals surface area contributed by atoms with Gasteiger partial charge in [0.2, 0.25) is 0 Å². The molecule has 2 aromatic carbocycles. The summed E-state index contributed by atoms with van der Waals surface area (Å²) in [6.45, 7) is 3.76. The fourth-order valence-electron chi connectivity index (χ4n) is 2.04. The van der Waals surface area contributed by atoms with E-state index >= 15 is 0 Å². The van der Waals surface area contributed by atoms with Crippen LogP contribution in [0.4, 0.5) is 11.4 Å². The first-order valence-corrected chi connectivity index (χ1v) is 7.88. The van der Waals surface area contributed by atoms with Gasteiger partial charge in [-0.25, -0.2) is 8.42 Å². The van der Waals surface area contributed by atoms with Crippen molar-refractivity contribution in [1.29, 1.82) is 0 Å². The molecule has 0 atom stereocenters. The lowest BCUT2D eigenvalue weighted by Crippen LogP contribution is -2.14. The van der Waals surface area contributed by atoms with Gasteiger partial charge in [0.15, 0.2) is 0 Å². The highest BCUT2D eigenvalue weighted by Gasteiger charge is 2.16. The third-order valence-corrected chi connectivity index (χ3v) is 4.62. The standard InChI is InChI=1S/C15H18N2O2S/c1-3-12-5-4-6-14(10-12)17-20(18,19)15-8-7-13(16)9-11(15)2/h4-10,17H,3,16H2,1-2H3. The quantitative estimate of drug-likeness (QED) is 0.850. The minimum Gasteiger partial charge on any atom is -0.399 e. The summed E-state index contributed by atoms with van der Waals surface area (Å²) in [6.07, 6.45) is 0.858. The van der Waals surface area contributed by atoms with E-state index in [0.717, 1.165) is 12.0 Å². The molecule has 0 radical (unpaired) electrons. The van der Waals surface area contributed by atoms with Gasteiger partial charge in [-0.3, -0.25) is 4.72 Å². The zero-order valence-corrected chi connectivity index (χ0v) is 12.4. The molecule has 0 amide bonds. The first-order valence-electron chi connectivity index (χ1n) is 6.40. The number of aryl methyl sites for hydroxylation is 2. The molecule has 0 aliphatic carbocycles. The molecule has 20 heavy (non-hydrogen) atoms. The molecule has 2 aromatic rings. The van der Waals surface area contributed by atoms with Crippen LogP contribution in [-0.4, -0.2) is 8.42 Å². The summed E-state index contributed by atoms with van der Waals surface area (Å²) in [4.78, 5) is 0.244. The smallest absolute Gasteiger partial charge is 0.262 e. The van der Waals surface area contributed by atoms with E-state index in [1.807, 2.05) is 25.1 Å². The highest BCUT2D eigenvalue weighted by atomic mass is 32.2. The molecular formula is C15H18N2O2S. The molecular weight excluding hydrogens is 272 g/mol. The first kappa shape index (κ1) is 14.4. The molecule has 0 saturated carbocycles. The lowest BCUT2D eigenvalue weighted by Gasteiger charge is -2.11. The number of benzene rings is 2. The van der Waals surface area contributed by atoms with Gasteiger partial charge in [0.05, 0.1) is 4.90 Å². The second kappa shape index (κ2) is 5.54. The van der Waals surface area contributed by atoms with Crippen molar-refractivity contribution in [3.63, 3.8) is 0 Å². The number of rotatable bonds is 4. The van der Waals surface area contributed by atoms with E-state index in [0.29, 0.717) is 16.9 Å². The lowest BCUT2D eigenvalue weighted by molar-refractivity contribution is 0.600. The highest BCUT2D eigenvalue weighted by Crippen LogP contribution is 2.21. The van der Waals surface area contributed by atoms with Gasteiger partial charge in [-0.1, -0.05) is 19.1 Å².